The summed E-state index contributed by atoms with van der Waals surface area (Å²) in [7, 11) is 0. The van der Waals surface area contributed by atoms with Crippen LogP contribution in [0.2, 0.25) is 0 Å². The van der Waals surface area contributed by atoms with E-state index in [0.717, 1.165) is 5.56 Å². The third-order valence-corrected chi connectivity index (χ3v) is 5.83. The summed E-state index contributed by atoms with van der Waals surface area (Å²) in [5.41, 5.74) is 1.68. The van der Waals surface area contributed by atoms with Crippen LogP contribution in [-0.2, 0) is 35.0 Å². The van der Waals surface area contributed by atoms with Crippen molar-refractivity contribution in [3.63, 3.8) is 0 Å². The van der Waals surface area contributed by atoms with Gasteiger partial charge in [-0.3, -0.25) is 19.3 Å². The number of carbonyl (C=O) groups excluding carboxylic acids is 4. The molecule has 2 aromatic rings. The molecule has 1 aliphatic rings. The lowest BCUT2D eigenvalue weighted by Gasteiger charge is -2.14. The predicted molar refractivity (Wildman–Crippen MR) is 140 cm³/mol. The van der Waals surface area contributed by atoms with Gasteiger partial charge < -0.3 is 34.2 Å². The van der Waals surface area contributed by atoms with Crippen molar-refractivity contribution in [1.29, 1.82) is 0 Å². The van der Waals surface area contributed by atoms with E-state index in [4.69, 9.17) is 18.9 Å². The zero-order valence-corrected chi connectivity index (χ0v) is 21.7. The number of benzene rings is 2. The summed E-state index contributed by atoms with van der Waals surface area (Å²) < 4.78 is 21.7. The minimum atomic E-state index is -0.646. The highest BCUT2D eigenvalue weighted by molar-refractivity contribution is 6.21. The number of hydrogen-bond donors (Lipinski definition) is 2. The number of nitrogens with zero attached hydrogens (tertiary/aromatic N) is 1. The van der Waals surface area contributed by atoms with Crippen LogP contribution in [0.5, 0.6) is 5.75 Å². The molecule has 0 unspecified atom stereocenters. The number of rotatable bonds is 19. The molecule has 3 amide bonds. The zero-order valence-electron chi connectivity index (χ0n) is 21.7. The fourth-order valence-electron chi connectivity index (χ4n) is 3.82. The summed E-state index contributed by atoms with van der Waals surface area (Å²) in [5.74, 6) is -0.742. The third-order valence-electron chi connectivity index (χ3n) is 5.83. The molecule has 2 aromatic carbocycles. The van der Waals surface area contributed by atoms with E-state index in [2.05, 4.69) is 5.32 Å². The normalized spacial score (nSPS) is 13.4. The number of amides is 3. The fraction of sp³-hybridized carbons (Fsp3) is 0.429. The molecule has 210 valence electrons. The molecule has 0 saturated carbocycles. The van der Waals surface area contributed by atoms with Gasteiger partial charge in [0.05, 0.1) is 76.6 Å². The zero-order chi connectivity index (χ0) is 27.9. The number of nitrogens with one attached hydrogen (secondary N) is 1. The molecule has 3 rings (SSSR count). The van der Waals surface area contributed by atoms with Crippen LogP contribution in [-0.4, -0.2) is 99.5 Å². The Morgan fingerprint density at radius 2 is 1.31 bits per heavy atom. The number of imide groups is 1. The van der Waals surface area contributed by atoms with Gasteiger partial charge in [0.15, 0.2) is 0 Å². The Hall–Kier alpha value is -3.64. The molecule has 1 heterocycles. The molecule has 0 aromatic heterocycles. The van der Waals surface area contributed by atoms with Crippen molar-refractivity contribution in [3.8, 4) is 5.75 Å². The number of phenols is 1. The van der Waals surface area contributed by atoms with Crippen molar-refractivity contribution >= 4 is 24.0 Å². The number of phenolic OH excluding ortho intramolecular Hbond substituents is 1. The van der Waals surface area contributed by atoms with E-state index in [9.17, 15) is 24.3 Å². The van der Waals surface area contributed by atoms with Crippen LogP contribution < -0.4 is 5.32 Å². The smallest absolute Gasteiger partial charge is 0.261 e. The minimum Gasteiger partial charge on any atom is -0.508 e. The van der Waals surface area contributed by atoms with Crippen molar-refractivity contribution in [2.24, 2.45) is 0 Å². The molecular formula is C28H34N2O9. The number of ether oxygens (including phenoxy) is 4. The number of hydrogen-bond acceptors (Lipinski definition) is 9. The number of aldehydes is 1. The number of fused-ring (bicyclic) bond motifs is 1. The molecule has 0 fully saturated rings. The van der Waals surface area contributed by atoms with E-state index in [0.29, 0.717) is 63.5 Å². The molecule has 0 bridgehead atoms. The molecule has 1 aliphatic heterocycles. The fourth-order valence-corrected chi connectivity index (χ4v) is 3.82. The number of aromatic hydroxyl groups is 1. The Kier molecular flexibility index (Phi) is 12.5. The highest BCUT2D eigenvalue weighted by Gasteiger charge is 2.34. The van der Waals surface area contributed by atoms with Crippen LogP contribution in [0, 0.1) is 0 Å². The molecule has 0 saturated heterocycles. The van der Waals surface area contributed by atoms with Crippen LogP contribution in [0.3, 0.4) is 0 Å². The van der Waals surface area contributed by atoms with Gasteiger partial charge in [-0.2, -0.15) is 0 Å². The Morgan fingerprint density at radius 1 is 0.795 bits per heavy atom. The van der Waals surface area contributed by atoms with Crippen molar-refractivity contribution in [1.82, 2.24) is 10.2 Å². The second-order valence-corrected chi connectivity index (χ2v) is 8.69. The first-order valence-electron chi connectivity index (χ1n) is 12.8. The average Bonchev–Trinajstić information content (AvgIpc) is 3.18. The minimum absolute atomic E-state index is 0.121. The van der Waals surface area contributed by atoms with Crippen LogP contribution in [0.15, 0.2) is 48.5 Å². The van der Waals surface area contributed by atoms with Crippen molar-refractivity contribution in [2.45, 2.75) is 18.9 Å². The Balaban J connectivity index is 1.10. The van der Waals surface area contributed by atoms with Crippen molar-refractivity contribution < 1.29 is 43.2 Å². The maximum atomic E-state index is 12.3. The van der Waals surface area contributed by atoms with E-state index in [1.54, 1.807) is 36.4 Å². The first-order chi connectivity index (χ1) is 19.0. The first kappa shape index (κ1) is 29.9. The lowest BCUT2D eigenvalue weighted by atomic mass is 10.1. The van der Waals surface area contributed by atoms with Gasteiger partial charge in [0.25, 0.3) is 11.8 Å². The lowest BCUT2D eigenvalue weighted by molar-refractivity contribution is -0.125. The molecule has 11 nitrogen and oxygen atoms in total. The van der Waals surface area contributed by atoms with E-state index >= 15 is 0 Å². The van der Waals surface area contributed by atoms with E-state index in [1.807, 2.05) is 0 Å². The summed E-state index contributed by atoms with van der Waals surface area (Å²) in [6.07, 6.45) is 1.15. The van der Waals surface area contributed by atoms with Gasteiger partial charge in [0, 0.05) is 6.42 Å². The van der Waals surface area contributed by atoms with E-state index < -0.39 is 6.04 Å². The van der Waals surface area contributed by atoms with Crippen LogP contribution in [0.25, 0.3) is 0 Å². The van der Waals surface area contributed by atoms with Gasteiger partial charge in [-0.05, 0) is 36.2 Å². The summed E-state index contributed by atoms with van der Waals surface area (Å²) in [4.78, 5) is 49.0. The summed E-state index contributed by atoms with van der Waals surface area (Å²) >= 11 is 0. The molecule has 2 N–H and O–H groups in total. The second-order valence-electron chi connectivity index (χ2n) is 8.69. The quantitative estimate of drug-likeness (QED) is 0.153. The lowest BCUT2D eigenvalue weighted by Crippen LogP contribution is -2.38. The molecular weight excluding hydrogens is 508 g/mol. The molecule has 0 spiro atoms. The molecule has 11 heteroatoms. The predicted octanol–water partition coefficient (Wildman–Crippen LogP) is 1.37. The molecule has 0 radical (unpaired) electrons. The average molecular weight is 543 g/mol. The highest BCUT2D eigenvalue weighted by atomic mass is 16.6. The molecule has 0 aliphatic carbocycles. The molecule has 39 heavy (non-hydrogen) atoms. The molecule has 1 atom stereocenters. The topological polar surface area (TPSA) is 141 Å². The summed E-state index contributed by atoms with van der Waals surface area (Å²) in [6.45, 7) is 2.71. The van der Waals surface area contributed by atoms with Gasteiger partial charge in [-0.25, -0.2) is 0 Å². The maximum Gasteiger partial charge on any atom is 0.261 e. The van der Waals surface area contributed by atoms with Gasteiger partial charge in [0.1, 0.15) is 12.0 Å². The third kappa shape index (κ3) is 9.88. The Bertz CT molecular complexity index is 1060. The van der Waals surface area contributed by atoms with Gasteiger partial charge >= 0.3 is 0 Å². The van der Waals surface area contributed by atoms with Crippen LogP contribution >= 0.6 is 0 Å². The Labute approximate surface area is 227 Å². The van der Waals surface area contributed by atoms with Crippen LogP contribution in [0.1, 0.15) is 32.7 Å². The van der Waals surface area contributed by atoms with Crippen LogP contribution in [0.4, 0.5) is 0 Å². The van der Waals surface area contributed by atoms with E-state index in [1.165, 1.54) is 17.0 Å². The first-order valence-corrected chi connectivity index (χ1v) is 12.8. The Morgan fingerprint density at radius 3 is 1.85 bits per heavy atom. The van der Waals surface area contributed by atoms with Gasteiger partial charge in [-0.1, -0.05) is 24.3 Å². The monoisotopic (exact) mass is 542 g/mol. The summed E-state index contributed by atoms with van der Waals surface area (Å²) in [6, 6.07) is 12.6. The van der Waals surface area contributed by atoms with Gasteiger partial charge in [-0.15, -0.1) is 0 Å². The second kappa shape index (κ2) is 16.4. The number of carbonyl (C=O) groups is 4. The van der Waals surface area contributed by atoms with Crippen molar-refractivity contribution in [3.05, 3.63) is 65.2 Å². The maximum absolute atomic E-state index is 12.3. The SMILES string of the molecule is O=C[C@H](Cc1ccc(O)cc1)NC(=O)CCOCCOCCOCCOCCN1C(=O)c2ccccc2C1=O. The largest absolute Gasteiger partial charge is 0.508 e. The van der Waals surface area contributed by atoms with Gasteiger partial charge in [0.2, 0.25) is 5.91 Å². The van der Waals surface area contributed by atoms with Crippen molar-refractivity contribution in [2.75, 3.05) is 59.4 Å². The summed E-state index contributed by atoms with van der Waals surface area (Å²) in [5, 5.41) is 12.0. The standard InChI is InChI=1S/C28H34N2O9/c31-20-22(19-21-5-7-23(32)8-6-21)29-26(33)9-11-36-13-15-38-17-18-39-16-14-37-12-10-30-27(34)24-3-1-2-4-25(24)28(30)35/h1-8,20,22,32H,9-19H2,(H,29,33)/t22-/m0/s1. The van der Waals surface area contributed by atoms with E-state index in [-0.39, 0.29) is 49.7 Å². The highest BCUT2D eigenvalue weighted by Crippen LogP contribution is 2.21.